The van der Waals surface area contributed by atoms with Gasteiger partial charge in [-0.3, -0.25) is 4.79 Å². The van der Waals surface area contributed by atoms with Crippen LogP contribution in [-0.4, -0.2) is 25.0 Å². The van der Waals surface area contributed by atoms with Crippen molar-refractivity contribution in [3.05, 3.63) is 35.9 Å². The second kappa shape index (κ2) is 8.28. The van der Waals surface area contributed by atoms with Crippen molar-refractivity contribution in [3.63, 3.8) is 0 Å². The number of carbonyl (C=O) groups is 1. The monoisotopic (exact) mass is 296 g/mol. The van der Waals surface area contributed by atoms with Crippen molar-refractivity contribution in [1.82, 2.24) is 10.6 Å². The first-order chi connectivity index (χ1) is 9.22. The highest BCUT2D eigenvalue weighted by atomic mass is 35.5. The van der Waals surface area contributed by atoms with Crippen LogP contribution in [-0.2, 0) is 4.79 Å². The van der Waals surface area contributed by atoms with E-state index < -0.39 is 0 Å². The van der Waals surface area contributed by atoms with Crippen molar-refractivity contribution in [2.24, 2.45) is 5.92 Å². The molecule has 1 amide bonds. The Morgan fingerprint density at radius 2 is 2.10 bits per heavy atom. The molecule has 1 aliphatic heterocycles. The summed E-state index contributed by atoms with van der Waals surface area (Å²) in [7, 11) is 0. The molecule has 3 unspecified atom stereocenters. The third-order valence-corrected chi connectivity index (χ3v) is 4.06. The van der Waals surface area contributed by atoms with Crippen LogP contribution in [0.4, 0.5) is 0 Å². The van der Waals surface area contributed by atoms with Gasteiger partial charge in [0.25, 0.3) is 0 Å². The van der Waals surface area contributed by atoms with E-state index >= 15 is 0 Å². The van der Waals surface area contributed by atoms with Crippen LogP contribution in [0.1, 0.15) is 38.2 Å². The Bertz CT molecular complexity index is 404. The number of hydrogen-bond acceptors (Lipinski definition) is 2. The zero-order valence-electron chi connectivity index (χ0n) is 12.3. The van der Waals surface area contributed by atoms with Gasteiger partial charge in [0.15, 0.2) is 0 Å². The summed E-state index contributed by atoms with van der Waals surface area (Å²) in [6, 6.07) is 10.4. The lowest BCUT2D eigenvalue weighted by atomic mass is 9.84. The number of rotatable bonds is 5. The molecule has 1 fully saturated rings. The van der Waals surface area contributed by atoms with Gasteiger partial charge in [0, 0.05) is 12.6 Å². The predicted molar refractivity (Wildman–Crippen MR) is 85.3 cm³/mol. The van der Waals surface area contributed by atoms with Crippen molar-refractivity contribution < 1.29 is 4.79 Å². The van der Waals surface area contributed by atoms with E-state index in [4.69, 9.17) is 0 Å². The van der Waals surface area contributed by atoms with Gasteiger partial charge in [0.1, 0.15) is 0 Å². The molecule has 20 heavy (non-hydrogen) atoms. The SMILES string of the molecule is CCC(C)C(C(=O)NC1CCNC1)c1ccccc1.Cl. The van der Waals surface area contributed by atoms with Gasteiger partial charge in [-0.15, -0.1) is 12.4 Å². The Labute approximate surface area is 127 Å². The van der Waals surface area contributed by atoms with Gasteiger partial charge in [-0.1, -0.05) is 50.6 Å². The molecule has 0 aliphatic carbocycles. The van der Waals surface area contributed by atoms with Gasteiger partial charge in [-0.05, 0) is 24.4 Å². The number of halogens is 1. The Kier molecular flexibility index (Phi) is 7.03. The molecule has 0 radical (unpaired) electrons. The van der Waals surface area contributed by atoms with Gasteiger partial charge in [-0.2, -0.15) is 0 Å². The average molecular weight is 297 g/mol. The minimum atomic E-state index is -0.0354. The minimum Gasteiger partial charge on any atom is -0.352 e. The van der Waals surface area contributed by atoms with Crippen LogP contribution in [0.5, 0.6) is 0 Å². The van der Waals surface area contributed by atoms with Gasteiger partial charge in [-0.25, -0.2) is 0 Å². The highest BCUT2D eigenvalue weighted by Gasteiger charge is 2.28. The van der Waals surface area contributed by atoms with E-state index in [1.54, 1.807) is 0 Å². The molecule has 1 heterocycles. The number of nitrogens with one attached hydrogen (secondary N) is 2. The van der Waals surface area contributed by atoms with Crippen LogP contribution >= 0.6 is 12.4 Å². The molecule has 3 nitrogen and oxygen atoms in total. The second-order valence-corrected chi connectivity index (χ2v) is 5.47. The molecule has 1 saturated heterocycles. The summed E-state index contributed by atoms with van der Waals surface area (Å²) in [4.78, 5) is 12.6. The smallest absolute Gasteiger partial charge is 0.228 e. The molecule has 0 saturated carbocycles. The molecule has 1 aromatic rings. The fourth-order valence-corrected chi connectivity index (χ4v) is 2.70. The maximum absolute atomic E-state index is 12.6. The number of hydrogen-bond donors (Lipinski definition) is 2. The largest absolute Gasteiger partial charge is 0.352 e. The summed E-state index contributed by atoms with van der Waals surface area (Å²) in [5.41, 5.74) is 1.13. The molecular formula is C16H25ClN2O. The van der Waals surface area contributed by atoms with Crippen molar-refractivity contribution in [3.8, 4) is 0 Å². The van der Waals surface area contributed by atoms with Crippen LogP contribution in [0, 0.1) is 5.92 Å². The summed E-state index contributed by atoms with van der Waals surface area (Å²) >= 11 is 0. The zero-order valence-corrected chi connectivity index (χ0v) is 13.1. The van der Waals surface area contributed by atoms with Gasteiger partial charge in [0.2, 0.25) is 5.91 Å². The molecule has 2 rings (SSSR count). The van der Waals surface area contributed by atoms with E-state index in [2.05, 4.69) is 36.6 Å². The van der Waals surface area contributed by atoms with Crippen molar-refractivity contribution in [2.45, 2.75) is 38.6 Å². The normalized spacial score (nSPS) is 20.8. The predicted octanol–water partition coefficient (Wildman–Crippen LogP) is 2.72. The molecule has 0 bridgehead atoms. The first kappa shape index (κ1) is 17.0. The molecule has 2 N–H and O–H groups in total. The highest BCUT2D eigenvalue weighted by Crippen LogP contribution is 2.27. The third-order valence-electron chi connectivity index (χ3n) is 4.06. The molecule has 3 atom stereocenters. The lowest BCUT2D eigenvalue weighted by Crippen LogP contribution is -2.40. The van der Waals surface area contributed by atoms with Gasteiger partial charge in [0.05, 0.1) is 5.92 Å². The van der Waals surface area contributed by atoms with Crippen LogP contribution < -0.4 is 10.6 Å². The molecule has 1 aliphatic rings. The Morgan fingerprint density at radius 1 is 1.40 bits per heavy atom. The summed E-state index contributed by atoms with van der Waals surface area (Å²) < 4.78 is 0. The fraction of sp³-hybridized carbons (Fsp3) is 0.562. The Morgan fingerprint density at radius 3 is 2.65 bits per heavy atom. The van der Waals surface area contributed by atoms with E-state index in [9.17, 15) is 4.79 Å². The molecule has 112 valence electrons. The van der Waals surface area contributed by atoms with Crippen molar-refractivity contribution in [1.29, 1.82) is 0 Å². The standard InChI is InChI=1S/C16H24N2O.ClH/c1-3-12(2)15(13-7-5-4-6-8-13)16(19)18-14-9-10-17-11-14;/h4-8,12,14-15,17H,3,9-11H2,1-2H3,(H,18,19);1H. The average Bonchev–Trinajstić information content (AvgIpc) is 2.93. The Balaban J connectivity index is 0.00000200. The topological polar surface area (TPSA) is 41.1 Å². The first-order valence-corrected chi connectivity index (χ1v) is 7.28. The lowest BCUT2D eigenvalue weighted by molar-refractivity contribution is -0.124. The summed E-state index contributed by atoms with van der Waals surface area (Å²) in [5.74, 6) is 0.498. The number of carbonyl (C=O) groups excluding carboxylic acids is 1. The van der Waals surface area contributed by atoms with Crippen LogP contribution in [0.25, 0.3) is 0 Å². The second-order valence-electron chi connectivity index (χ2n) is 5.47. The van der Waals surface area contributed by atoms with Gasteiger partial charge >= 0.3 is 0 Å². The van der Waals surface area contributed by atoms with Crippen LogP contribution in [0.2, 0.25) is 0 Å². The maximum Gasteiger partial charge on any atom is 0.228 e. The van der Waals surface area contributed by atoms with Gasteiger partial charge < -0.3 is 10.6 Å². The summed E-state index contributed by atoms with van der Waals surface area (Å²) in [6.45, 7) is 6.20. The van der Waals surface area contributed by atoms with Crippen molar-refractivity contribution >= 4 is 18.3 Å². The Hall–Kier alpha value is -1.06. The highest BCUT2D eigenvalue weighted by molar-refractivity contribution is 5.85. The zero-order chi connectivity index (χ0) is 13.7. The maximum atomic E-state index is 12.6. The third kappa shape index (κ3) is 4.22. The van der Waals surface area contributed by atoms with E-state index in [-0.39, 0.29) is 24.2 Å². The minimum absolute atomic E-state index is 0. The van der Waals surface area contributed by atoms with E-state index in [1.807, 2.05) is 18.2 Å². The van der Waals surface area contributed by atoms with Crippen molar-refractivity contribution in [2.75, 3.05) is 13.1 Å². The van der Waals surface area contributed by atoms with E-state index in [1.165, 1.54) is 0 Å². The molecule has 0 aromatic heterocycles. The fourth-order valence-electron chi connectivity index (χ4n) is 2.70. The molecular weight excluding hydrogens is 272 g/mol. The quantitative estimate of drug-likeness (QED) is 0.877. The lowest BCUT2D eigenvalue weighted by Gasteiger charge is -2.24. The summed E-state index contributed by atoms with van der Waals surface area (Å²) in [6.07, 6.45) is 2.05. The summed E-state index contributed by atoms with van der Waals surface area (Å²) in [5, 5.41) is 6.48. The molecule has 1 aromatic carbocycles. The molecule has 4 heteroatoms. The van der Waals surface area contributed by atoms with E-state index in [0.717, 1.165) is 31.5 Å². The van der Waals surface area contributed by atoms with Crippen LogP contribution in [0.3, 0.4) is 0 Å². The number of amides is 1. The molecule has 0 spiro atoms. The number of benzene rings is 1. The first-order valence-electron chi connectivity index (χ1n) is 7.28. The van der Waals surface area contributed by atoms with E-state index in [0.29, 0.717) is 12.0 Å². The van der Waals surface area contributed by atoms with Crippen LogP contribution in [0.15, 0.2) is 30.3 Å².